The van der Waals surface area contributed by atoms with Crippen molar-refractivity contribution < 1.29 is 19.1 Å². The maximum atomic E-state index is 12.0. The molecule has 0 aliphatic rings. The number of halogens is 3. The van der Waals surface area contributed by atoms with Crippen molar-refractivity contribution in [2.75, 3.05) is 6.61 Å². The Balaban J connectivity index is 1.79. The Morgan fingerprint density at radius 2 is 1.81 bits per heavy atom. The highest BCUT2D eigenvalue weighted by atomic mass is 79.9. The minimum atomic E-state index is -0.892. The number of benzene rings is 2. The van der Waals surface area contributed by atoms with E-state index in [9.17, 15) is 9.59 Å². The molecular weight excluding hydrogens is 459 g/mol. The quantitative estimate of drug-likeness (QED) is 0.617. The monoisotopic (exact) mass is 474 g/mol. The van der Waals surface area contributed by atoms with E-state index in [4.69, 9.17) is 32.7 Å². The molecule has 6 nitrogen and oxygen atoms in total. The Bertz CT molecular complexity index is 848. The number of amides is 2. The number of hydrazine groups is 1. The van der Waals surface area contributed by atoms with Gasteiger partial charge in [0, 0.05) is 5.02 Å². The van der Waals surface area contributed by atoms with Gasteiger partial charge in [0.05, 0.1) is 9.50 Å². The van der Waals surface area contributed by atoms with Crippen molar-refractivity contribution in [3.8, 4) is 11.5 Å². The maximum Gasteiger partial charge on any atom is 0.279 e. The molecule has 0 spiro atoms. The van der Waals surface area contributed by atoms with Crippen molar-refractivity contribution in [3.63, 3.8) is 0 Å². The zero-order valence-electron chi connectivity index (χ0n) is 14.5. The maximum absolute atomic E-state index is 12.0. The van der Waals surface area contributed by atoms with Crippen LogP contribution in [0, 0.1) is 6.92 Å². The minimum Gasteiger partial charge on any atom is -0.483 e. The van der Waals surface area contributed by atoms with Crippen molar-refractivity contribution in [2.45, 2.75) is 20.0 Å². The largest absolute Gasteiger partial charge is 0.483 e. The van der Waals surface area contributed by atoms with E-state index in [1.165, 1.54) is 13.0 Å². The Morgan fingerprint density at radius 3 is 2.48 bits per heavy atom. The molecule has 27 heavy (non-hydrogen) atoms. The molecule has 0 radical (unpaired) electrons. The number of hydrogen-bond donors (Lipinski definition) is 2. The highest BCUT2D eigenvalue weighted by Crippen LogP contribution is 2.28. The minimum absolute atomic E-state index is 0.264. The first-order chi connectivity index (χ1) is 12.8. The first kappa shape index (κ1) is 21.3. The van der Waals surface area contributed by atoms with Crippen LogP contribution in [0.25, 0.3) is 0 Å². The fourth-order valence-corrected chi connectivity index (χ4v) is 3.01. The van der Waals surface area contributed by atoms with Crippen LogP contribution in [0.2, 0.25) is 10.0 Å². The summed E-state index contributed by atoms with van der Waals surface area (Å²) in [4.78, 5) is 23.9. The lowest BCUT2D eigenvalue weighted by Crippen LogP contribution is -2.48. The number of carbonyl (C=O) groups is 2. The van der Waals surface area contributed by atoms with Gasteiger partial charge in [-0.2, -0.15) is 0 Å². The second kappa shape index (κ2) is 9.82. The van der Waals surface area contributed by atoms with E-state index in [0.717, 1.165) is 10.0 Å². The van der Waals surface area contributed by atoms with Crippen LogP contribution in [0.4, 0.5) is 0 Å². The molecule has 0 aromatic heterocycles. The number of hydrogen-bond acceptors (Lipinski definition) is 4. The van der Waals surface area contributed by atoms with Gasteiger partial charge < -0.3 is 9.47 Å². The predicted octanol–water partition coefficient (Wildman–Crippen LogP) is 4.06. The van der Waals surface area contributed by atoms with Crippen molar-refractivity contribution in [2.24, 2.45) is 0 Å². The molecule has 0 bridgehead atoms. The fourth-order valence-electron chi connectivity index (χ4n) is 1.95. The highest BCUT2D eigenvalue weighted by Gasteiger charge is 2.17. The van der Waals surface area contributed by atoms with Gasteiger partial charge >= 0.3 is 0 Å². The Morgan fingerprint density at radius 1 is 1.11 bits per heavy atom. The zero-order valence-corrected chi connectivity index (χ0v) is 17.6. The van der Waals surface area contributed by atoms with Crippen LogP contribution in [-0.2, 0) is 9.59 Å². The summed E-state index contributed by atoms with van der Waals surface area (Å²) < 4.78 is 11.6. The number of aryl methyl sites for hydroxylation is 1. The number of carbonyl (C=O) groups excluding carboxylic acids is 2. The molecule has 0 aliphatic heterocycles. The van der Waals surface area contributed by atoms with E-state index in [0.29, 0.717) is 16.5 Å². The molecule has 2 aromatic carbocycles. The van der Waals surface area contributed by atoms with Gasteiger partial charge in [0.15, 0.2) is 12.7 Å². The third-order valence-corrected chi connectivity index (χ3v) is 4.49. The molecule has 0 unspecified atom stereocenters. The summed E-state index contributed by atoms with van der Waals surface area (Å²) in [5.41, 5.74) is 5.59. The van der Waals surface area contributed by atoms with Gasteiger partial charge in [-0.3, -0.25) is 20.4 Å². The first-order valence-corrected chi connectivity index (χ1v) is 9.40. The van der Waals surface area contributed by atoms with Gasteiger partial charge in [-0.15, -0.1) is 0 Å². The van der Waals surface area contributed by atoms with Crippen molar-refractivity contribution in [1.29, 1.82) is 0 Å². The molecule has 2 amide bonds. The smallest absolute Gasteiger partial charge is 0.279 e. The van der Waals surface area contributed by atoms with E-state index in [2.05, 4.69) is 26.8 Å². The molecule has 0 saturated heterocycles. The third kappa shape index (κ3) is 6.61. The van der Waals surface area contributed by atoms with Crippen LogP contribution >= 0.6 is 39.1 Å². The van der Waals surface area contributed by atoms with E-state index >= 15 is 0 Å². The summed E-state index contributed by atoms with van der Waals surface area (Å²) in [6, 6.07) is 10.1. The van der Waals surface area contributed by atoms with Gasteiger partial charge in [-0.1, -0.05) is 29.3 Å². The number of nitrogens with one attached hydrogen (secondary N) is 2. The predicted molar refractivity (Wildman–Crippen MR) is 107 cm³/mol. The fraction of sp³-hybridized carbons (Fsp3) is 0.222. The average Bonchev–Trinajstić information content (AvgIpc) is 2.61. The van der Waals surface area contributed by atoms with E-state index in [-0.39, 0.29) is 11.6 Å². The molecular formula is C18H17BrCl2N2O4. The average molecular weight is 476 g/mol. The Kier molecular flexibility index (Phi) is 7.77. The van der Waals surface area contributed by atoms with Crippen molar-refractivity contribution in [1.82, 2.24) is 10.9 Å². The molecule has 0 fully saturated rings. The molecule has 2 N–H and O–H groups in total. The lowest BCUT2D eigenvalue weighted by Gasteiger charge is -2.16. The van der Waals surface area contributed by atoms with E-state index in [1.807, 2.05) is 19.1 Å². The lowest BCUT2D eigenvalue weighted by molar-refractivity contribution is -0.133. The summed E-state index contributed by atoms with van der Waals surface area (Å²) in [5, 5.41) is 0.736. The van der Waals surface area contributed by atoms with Gasteiger partial charge in [0.2, 0.25) is 0 Å². The van der Waals surface area contributed by atoms with Crippen molar-refractivity contribution >= 4 is 50.9 Å². The number of ether oxygens (including phenoxy) is 2. The molecule has 0 heterocycles. The Hall–Kier alpha value is -1.96. The van der Waals surface area contributed by atoms with E-state index < -0.39 is 17.9 Å². The van der Waals surface area contributed by atoms with Gasteiger partial charge in [0.25, 0.3) is 11.8 Å². The summed E-state index contributed by atoms with van der Waals surface area (Å²) in [5.74, 6) is -0.239. The molecule has 144 valence electrons. The third-order valence-electron chi connectivity index (χ3n) is 3.34. The number of rotatable bonds is 6. The first-order valence-electron chi connectivity index (χ1n) is 7.85. The normalized spacial score (nSPS) is 11.4. The van der Waals surface area contributed by atoms with Crippen LogP contribution in [0.3, 0.4) is 0 Å². The molecule has 9 heteroatoms. The van der Waals surface area contributed by atoms with Crippen LogP contribution < -0.4 is 20.3 Å². The topological polar surface area (TPSA) is 76.7 Å². The highest BCUT2D eigenvalue weighted by molar-refractivity contribution is 9.10. The molecule has 2 aromatic rings. The van der Waals surface area contributed by atoms with E-state index in [1.54, 1.807) is 18.2 Å². The second-order valence-electron chi connectivity index (χ2n) is 5.59. The molecule has 0 saturated carbocycles. The molecule has 2 rings (SSSR count). The Labute approximate surface area is 175 Å². The van der Waals surface area contributed by atoms with Crippen LogP contribution in [0.15, 0.2) is 40.9 Å². The van der Waals surface area contributed by atoms with Crippen molar-refractivity contribution in [3.05, 3.63) is 56.5 Å². The molecule has 1 atom stereocenters. The summed E-state index contributed by atoms with van der Waals surface area (Å²) >= 11 is 15.2. The lowest BCUT2D eigenvalue weighted by atomic mass is 10.2. The molecule has 0 aliphatic carbocycles. The SMILES string of the molecule is Cc1ccc(OCC(=O)NNC(=O)[C@@H](C)Oc2ccc(Cl)cc2Cl)c(Br)c1. The van der Waals surface area contributed by atoms with Crippen LogP contribution in [0.5, 0.6) is 11.5 Å². The zero-order chi connectivity index (χ0) is 20.0. The summed E-state index contributed by atoms with van der Waals surface area (Å²) in [6.07, 6.45) is -0.892. The van der Waals surface area contributed by atoms with Gasteiger partial charge in [-0.05, 0) is 65.7 Å². The van der Waals surface area contributed by atoms with Gasteiger partial charge in [-0.25, -0.2) is 0 Å². The summed E-state index contributed by atoms with van der Waals surface area (Å²) in [6.45, 7) is 3.20. The standard InChI is InChI=1S/C18H17BrCl2N2O4/c1-10-3-5-15(13(19)7-10)26-9-17(24)22-23-18(25)11(2)27-16-6-4-12(20)8-14(16)21/h3-8,11H,9H2,1-2H3,(H,22,24)(H,23,25)/t11-/m1/s1. The van der Waals surface area contributed by atoms with Gasteiger partial charge in [0.1, 0.15) is 11.5 Å². The van der Waals surface area contributed by atoms with Crippen LogP contribution in [0.1, 0.15) is 12.5 Å². The summed E-state index contributed by atoms with van der Waals surface area (Å²) in [7, 11) is 0. The second-order valence-corrected chi connectivity index (χ2v) is 7.29. The van der Waals surface area contributed by atoms with Crippen LogP contribution in [-0.4, -0.2) is 24.5 Å².